The molecule has 0 aromatic rings. The van der Waals surface area contributed by atoms with E-state index >= 15 is 0 Å². The van der Waals surface area contributed by atoms with Crippen molar-refractivity contribution < 1.29 is 0 Å². The molecule has 0 bridgehead atoms. The lowest BCUT2D eigenvalue weighted by Gasteiger charge is -2.52. The smallest absolute Gasteiger partial charge is 0.00513 e. The predicted octanol–water partition coefficient (Wildman–Crippen LogP) is 1.54. The first-order chi connectivity index (χ1) is 5.35. The standard InChI is InChI=1S/C9H18N2.2ClH/c1-2-11-7-9(8-11)3-5-10-6-4-9;;/h10H,2-8H2,1H3;2*1H. The van der Waals surface area contributed by atoms with Crippen LogP contribution >= 0.6 is 24.8 Å². The van der Waals surface area contributed by atoms with Gasteiger partial charge >= 0.3 is 0 Å². The van der Waals surface area contributed by atoms with Crippen LogP contribution in [0.25, 0.3) is 0 Å². The lowest BCUT2D eigenvalue weighted by Crippen LogP contribution is -2.59. The van der Waals surface area contributed by atoms with Gasteiger partial charge in [0.1, 0.15) is 0 Å². The van der Waals surface area contributed by atoms with Crippen LogP contribution in [0.1, 0.15) is 19.8 Å². The van der Waals surface area contributed by atoms with Crippen LogP contribution in [-0.2, 0) is 0 Å². The Labute approximate surface area is 93.3 Å². The molecule has 2 heterocycles. The summed E-state index contributed by atoms with van der Waals surface area (Å²) >= 11 is 0. The molecule has 2 rings (SSSR count). The van der Waals surface area contributed by atoms with Crippen molar-refractivity contribution in [2.45, 2.75) is 19.8 Å². The van der Waals surface area contributed by atoms with Crippen molar-refractivity contribution in [2.24, 2.45) is 5.41 Å². The highest BCUT2D eigenvalue weighted by atomic mass is 35.5. The summed E-state index contributed by atoms with van der Waals surface area (Å²) in [6.45, 7) is 8.73. The van der Waals surface area contributed by atoms with E-state index in [1.54, 1.807) is 0 Å². The molecule has 1 spiro atoms. The molecule has 2 saturated heterocycles. The third-order valence-corrected chi connectivity index (χ3v) is 3.23. The van der Waals surface area contributed by atoms with Crippen molar-refractivity contribution in [3.8, 4) is 0 Å². The number of hydrogen-bond donors (Lipinski definition) is 1. The van der Waals surface area contributed by atoms with Crippen molar-refractivity contribution >= 4 is 24.8 Å². The molecule has 1 N–H and O–H groups in total. The molecule has 4 heteroatoms. The molecule has 13 heavy (non-hydrogen) atoms. The van der Waals surface area contributed by atoms with Crippen LogP contribution in [0.5, 0.6) is 0 Å². The molecular formula is C9H20Cl2N2. The van der Waals surface area contributed by atoms with Crippen LogP contribution < -0.4 is 5.32 Å². The highest BCUT2D eigenvalue weighted by Crippen LogP contribution is 2.37. The first-order valence-corrected chi connectivity index (χ1v) is 4.78. The summed E-state index contributed by atoms with van der Waals surface area (Å²) in [4.78, 5) is 2.55. The number of nitrogens with zero attached hydrogens (tertiary/aromatic N) is 1. The second-order valence-corrected chi connectivity index (χ2v) is 4.05. The molecule has 2 fully saturated rings. The third-order valence-electron chi connectivity index (χ3n) is 3.23. The summed E-state index contributed by atoms with van der Waals surface area (Å²) in [7, 11) is 0. The number of halogens is 2. The monoisotopic (exact) mass is 226 g/mol. The predicted molar refractivity (Wildman–Crippen MR) is 61.1 cm³/mol. The van der Waals surface area contributed by atoms with Gasteiger partial charge in [0.2, 0.25) is 0 Å². The van der Waals surface area contributed by atoms with E-state index in [0.717, 1.165) is 5.41 Å². The zero-order chi connectivity index (χ0) is 7.73. The molecule has 0 aromatic heterocycles. The molecule has 0 amide bonds. The van der Waals surface area contributed by atoms with E-state index in [4.69, 9.17) is 0 Å². The van der Waals surface area contributed by atoms with Gasteiger partial charge in [-0.05, 0) is 37.9 Å². The molecule has 0 saturated carbocycles. The Morgan fingerprint density at radius 2 is 1.69 bits per heavy atom. The van der Waals surface area contributed by atoms with Crippen LogP contribution in [0.2, 0.25) is 0 Å². The minimum Gasteiger partial charge on any atom is -0.317 e. The Balaban J connectivity index is 0.000000720. The van der Waals surface area contributed by atoms with E-state index in [1.807, 2.05) is 0 Å². The molecule has 0 aromatic carbocycles. The zero-order valence-electron chi connectivity index (χ0n) is 8.21. The van der Waals surface area contributed by atoms with Crippen molar-refractivity contribution in [1.82, 2.24) is 10.2 Å². The van der Waals surface area contributed by atoms with Crippen molar-refractivity contribution in [3.05, 3.63) is 0 Å². The van der Waals surface area contributed by atoms with Gasteiger partial charge in [-0.3, -0.25) is 0 Å². The van der Waals surface area contributed by atoms with E-state index in [0.29, 0.717) is 0 Å². The molecule has 0 aliphatic carbocycles. The highest BCUT2D eigenvalue weighted by Gasteiger charge is 2.42. The Bertz CT molecular complexity index is 139. The summed E-state index contributed by atoms with van der Waals surface area (Å²) in [5.41, 5.74) is 0.737. The van der Waals surface area contributed by atoms with E-state index in [2.05, 4.69) is 17.1 Å². The lowest BCUT2D eigenvalue weighted by molar-refractivity contribution is -0.0188. The van der Waals surface area contributed by atoms with Crippen LogP contribution in [0.4, 0.5) is 0 Å². The summed E-state index contributed by atoms with van der Waals surface area (Å²) in [5, 5.41) is 3.42. The van der Waals surface area contributed by atoms with Gasteiger partial charge in [-0.2, -0.15) is 0 Å². The molecule has 2 nitrogen and oxygen atoms in total. The normalized spacial score (nSPS) is 25.6. The maximum atomic E-state index is 3.42. The first-order valence-electron chi connectivity index (χ1n) is 4.78. The minimum atomic E-state index is 0. The molecule has 2 aliphatic rings. The minimum absolute atomic E-state index is 0. The summed E-state index contributed by atoms with van der Waals surface area (Å²) in [6.07, 6.45) is 2.81. The van der Waals surface area contributed by atoms with Gasteiger partial charge in [0.25, 0.3) is 0 Å². The molecule has 0 unspecified atom stereocenters. The fourth-order valence-corrected chi connectivity index (χ4v) is 2.40. The van der Waals surface area contributed by atoms with E-state index in [1.165, 1.54) is 45.6 Å². The Morgan fingerprint density at radius 3 is 2.15 bits per heavy atom. The fraction of sp³-hybridized carbons (Fsp3) is 1.00. The first kappa shape index (κ1) is 13.5. The maximum Gasteiger partial charge on any atom is 0.00513 e. The number of piperidine rings is 1. The maximum absolute atomic E-state index is 3.42. The van der Waals surface area contributed by atoms with Gasteiger partial charge < -0.3 is 10.2 Å². The fourth-order valence-electron chi connectivity index (χ4n) is 2.40. The quantitative estimate of drug-likeness (QED) is 0.730. The number of likely N-dealkylation sites (tertiary alicyclic amines) is 1. The molecule has 0 radical (unpaired) electrons. The summed E-state index contributed by atoms with van der Waals surface area (Å²) < 4.78 is 0. The molecular weight excluding hydrogens is 207 g/mol. The van der Waals surface area contributed by atoms with Gasteiger partial charge in [-0.15, -0.1) is 24.8 Å². The van der Waals surface area contributed by atoms with Crippen molar-refractivity contribution in [2.75, 3.05) is 32.7 Å². The largest absolute Gasteiger partial charge is 0.317 e. The van der Waals surface area contributed by atoms with Gasteiger partial charge in [0.15, 0.2) is 0 Å². The zero-order valence-corrected chi connectivity index (χ0v) is 9.85. The Morgan fingerprint density at radius 1 is 1.15 bits per heavy atom. The Kier molecular flexibility index (Phi) is 5.61. The van der Waals surface area contributed by atoms with Crippen LogP contribution in [0, 0.1) is 5.41 Å². The average molecular weight is 227 g/mol. The average Bonchev–Trinajstić information content (AvgIpc) is 2.01. The second-order valence-electron chi connectivity index (χ2n) is 4.05. The Hall–Kier alpha value is 0.500. The van der Waals surface area contributed by atoms with Crippen LogP contribution in [0.15, 0.2) is 0 Å². The van der Waals surface area contributed by atoms with Crippen molar-refractivity contribution in [1.29, 1.82) is 0 Å². The molecule has 0 atom stereocenters. The van der Waals surface area contributed by atoms with E-state index in [9.17, 15) is 0 Å². The second kappa shape index (κ2) is 5.40. The molecule has 80 valence electrons. The lowest BCUT2D eigenvalue weighted by atomic mass is 9.72. The highest BCUT2D eigenvalue weighted by molar-refractivity contribution is 5.85. The number of nitrogens with one attached hydrogen (secondary N) is 1. The van der Waals surface area contributed by atoms with Gasteiger partial charge in [0.05, 0.1) is 0 Å². The third kappa shape index (κ3) is 2.72. The van der Waals surface area contributed by atoms with E-state index in [-0.39, 0.29) is 24.8 Å². The number of rotatable bonds is 1. The topological polar surface area (TPSA) is 15.3 Å². The SMILES string of the molecule is CCN1CC2(CCNCC2)C1.Cl.Cl. The van der Waals surface area contributed by atoms with Crippen LogP contribution in [-0.4, -0.2) is 37.6 Å². The number of hydrogen-bond acceptors (Lipinski definition) is 2. The molecule has 2 aliphatic heterocycles. The van der Waals surface area contributed by atoms with E-state index < -0.39 is 0 Å². The van der Waals surface area contributed by atoms with Gasteiger partial charge in [-0.25, -0.2) is 0 Å². The van der Waals surface area contributed by atoms with Gasteiger partial charge in [-0.1, -0.05) is 6.92 Å². The van der Waals surface area contributed by atoms with Gasteiger partial charge in [0, 0.05) is 13.1 Å². The summed E-state index contributed by atoms with van der Waals surface area (Å²) in [6, 6.07) is 0. The van der Waals surface area contributed by atoms with Crippen LogP contribution in [0.3, 0.4) is 0 Å². The van der Waals surface area contributed by atoms with Crippen molar-refractivity contribution in [3.63, 3.8) is 0 Å². The summed E-state index contributed by atoms with van der Waals surface area (Å²) in [5.74, 6) is 0.